The molecular formula is C25H21F2N5O5. The summed E-state index contributed by atoms with van der Waals surface area (Å²) in [4.78, 5) is 29.6. The summed E-state index contributed by atoms with van der Waals surface area (Å²) in [7, 11) is 0. The average molecular weight is 509 g/mol. The average Bonchev–Trinajstić information content (AvgIpc) is 3.60. The Morgan fingerprint density at radius 3 is 2.35 bits per heavy atom. The number of nitrogens with zero attached hydrogens (tertiary/aromatic N) is 2. The normalized spacial score (nSPS) is 14.7. The van der Waals surface area contributed by atoms with E-state index in [2.05, 4.69) is 25.8 Å². The molecule has 1 unspecified atom stereocenters. The van der Waals surface area contributed by atoms with Gasteiger partial charge in [-0.15, -0.1) is 0 Å². The Bertz CT molecular complexity index is 1490. The minimum Gasteiger partial charge on any atom is -0.453 e. The summed E-state index contributed by atoms with van der Waals surface area (Å²) in [6, 6.07) is 10.4. The summed E-state index contributed by atoms with van der Waals surface area (Å²) in [6.45, 7) is -0.572. The van der Waals surface area contributed by atoms with Crippen molar-refractivity contribution in [1.29, 1.82) is 0 Å². The van der Waals surface area contributed by atoms with Crippen LogP contribution in [0.3, 0.4) is 0 Å². The lowest BCUT2D eigenvalue weighted by molar-refractivity contribution is -0.131. The Morgan fingerprint density at radius 2 is 1.70 bits per heavy atom. The molecule has 5 N–H and O–H groups in total. The maximum Gasteiger partial charge on any atom is 0.240 e. The fourth-order valence-corrected chi connectivity index (χ4v) is 3.85. The highest BCUT2D eigenvalue weighted by Crippen LogP contribution is 2.47. The highest BCUT2D eigenvalue weighted by Gasteiger charge is 2.56. The fourth-order valence-electron chi connectivity index (χ4n) is 3.85. The third-order valence-corrected chi connectivity index (χ3v) is 6.08. The Morgan fingerprint density at radius 1 is 1.03 bits per heavy atom. The van der Waals surface area contributed by atoms with Crippen LogP contribution in [0.4, 0.5) is 20.2 Å². The number of amides is 2. The van der Waals surface area contributed by atoms with Crippen LogP contribution in [0.15, 0.2) is 54.7 Å². The molecule has 0 aliphatic heterocycles. The maximum absolute atomic E-state index is 14.9. The molecule has 4 aromatic rings. The van der Waals surface area contributed by atoms with E-state index >= 15 is 0 Å². The van der Waals surface area contributed by atoms with E-state index in [1.165, 1.54) is 48.7 Å². The van der Waals surface area contributed by atoms with Crippen LogP contribution in [0.5, 0.6) is 11.5 Å². The lowest BCUT2D eigenvalue weighted by Gasteiger charge is -2.16. The van der Waals surface area contributed by atoms with Crippen molar-refractivity contribution in [2.45, 2.75) is 18.9 Å². The standard InChI is InChI=1S/C25H21F2N5O5/c26-13-1-3-14(4-2-13)29-23(35)25(8-9-25)24(36)30-15-5-6-18(16(27)11-15)37-19-7-10-28-22-20(19)21(31-32-22)17(34)12-33/h1-7,10-11,17,33-34H,8-9,12H2,(H,29,35)(H,30,36)(H,28,31,32). The summed E-state index contributed by atoms with van der Waals surface area (Å²) >= 11 is 0. The number of hydrogen-bond donors (Lipinski definition) is 5. The number of aliphatic hydroxyl groups is 2. The molecule has 0 spiro atoms. The zero-order chi connectivity index (χ0) is 26.2. The number of pyridine rings is 1. The first-order valence-corrected chi connectivity index (χ1v) is 11.3. The van der Waals surface area contributed by atoms with Crippen molar-refractivity contribution in [3.8, 4) is 11.5 Å². The van der Waals surface area contributed by atoms with Gasteiger partial charge in [-0.25, -0.2) is 13.8 Å². The first-order valence-electron chi connectivity index (χ1n) is 11.3. The number of carbonyl (C=O) groups excluding carboxylic acids is 2. The van der Waals surface area contributed by atoms with Gasteiger partial charge in [0.05, 0.1) is 17.7 Å². The molecule has 1 fully saturated rings. The molecule has 1 atom stereocenters. The van der Waals surface area contributed by atoms with Crippen LogP contribution < -0.4 is 15.4 Å². The van der Waals surface area contributed by atoms with Gasteiger partial charge < -0.3 is 25.6 Å². The summed E-state index contributed by atoms with van der Waals surface area (Å²) in [5.74, 6) is -2.39. The number of benzene rings is 2. The number of hydrogen-bond acceptors (Lipinski definition) is 7. The fraction of sp³-hybridized carbons (Fsp3) is 0.200. The lowest BCUT2D eigenvalue weighted by atomic mass is 10.0. The van der Waals surface area contributed by atoms with Crippen LogP contribution in [-0.4, -0.2) is 43.8 Å². The number of rotatable bonds is 8. The highest BCUT2D eigenvalue weighted by molar-refractivity contribution is 6.16. The molecule has 1 aliphatic carbocycles. The van der Waals surface area contributed by atoms with E-state index in [-0.39, 0.29) is 33.9 Å². The Hall–Kier alpha value is -4.42. The SMILES string of the molecule is O=C(Nc1ccc(F)cc1)C1(C(=O)Nc2ccc(Oc3ccnc4n[nH]c(C(O)CO)c34)c(F)c2)CC1. The summed E-state index contributed by atoms with van der Waals surface area (Å²) in [6.07, 6.45) is 0.765. The van der Waals surface area contributed by atoms with Crippen LogP contribution >= 0.6 is 0 Å². The minimum absolute atomic E-state index is 0.121. The van der Waals surface area contributed by atoms with Crippen molar-refractivity contribution in [3.63, 3.8) is 0 Å². The zero-order valence-electron chi connectivity index (χ0n) is 19.2. The first kappa shape index (κ1) is 24.3. The minimum atomic E-state index is -1.30. The largest absolute Gasteiger partial charge is 0.453 e. The third kappa shape index (κ3) is 4.71. The number of H-pyrrole nitrogens is 1. The molecular weight excluding hydrogens is 488 g/mol. The van der Waals surface area contributed by atoms with Crippen molar-refractivity contribution in [2.75, 3.05) is 17.2 Å². The van der Waals surface area contributed by atoms with Gasteiger partial charge in [-0.3, -0.25) is 14.7 Å². The van der Waals surface area contributed by atoms with Crippen LogP contribution in [0.2, 0.25) is 0 Å². The number of aromatic nitrogens is 3. The molecule has 190 valence electrons. The smallest absolute Gasteiger partial charge is 0.240 e. The van der Waals surface area contributed by atoms with Crippen LogP contribution in [0.1, 0.15) is 24.6 Å². The molecule has 10 nitrogen and oxygen atoms in total. The number of fused-ring (bicyclic) bond motifs is 1. The number of ether oxygens (including phenoxy) is 1. The molecule has 1 aliphatic rings. The first-order chi connectivity index (χ1) is 17.8. The molecule has 37 heavy (non-hydrogen) atoms. The highest BCUT2D eigenvalue weighted by atomic mass is 19.1. The van der Waals surface area contributed by atoms with Gasteiger partial charge >= 0.3 is 0 Å². The second-order valence-corrected chi connectivity index (χ2v) is 8.59. The van der Waals surface area contributed by atoms with Crippen molar-refractivity contribution in [3.05, 3.63) is 72.1 Å². The molecule has 0 saturated heterocycles. The molecule has 5 rings (SSSR count). The van der Waals surface area contributed by atoms with E-state index in [9.17, 15) is 28.6 Å². The van der Waals surface area contributed by atoms with Gasteiger partial charge in [-0.1, -0.05) is 0 Å². The number of aliphatic hydroxyl groups excluding tert-OH is 2. The quantitative estimate of drug-likeness (QED) is 0.229. The van der Waals surface area contributed by atoms with Gasteiger partial charge in [0.25, 0.3) is 0 Å². The lowest BCUT2D eigenvalue weighted by Crippen LogP contribution is -2.35. The van der Waals surface area contributed by atoms with E-state index < -0.39 is 41.6 Å². The molecule has 1 saturated carbocycles. The van der Waals surface area contributed by atoms with Gasteiger partial charge in [-0.2, -0.15) is 5.10 Å². The molecule has 2 aromatic heterocycles. The predicted molar refractivity (Wildman–Crippen MR) is 128 cm³/mol. The zero-order valence-corrected chi connectivity index (χ0v) is 19.2. The predicted octanol–water partition coefficient (Wildman–Crippen LogP) is 3.41. The van der Waals surface area contributed by atoms with Gasteiger partial charge in [0.15, 0.2) is 17.2 Å². The number of carbonyl (C=O) groups is 2. The van der Waals surface area contributed by atoms with Crippen LogP contribution in [-0.2, 0) is 9.59 Å². The van der Waals surface area contributed by atoms with Crippen molar-refractivity contribution < 1.29 is 33.3 Å². The number of aromatic amines is 1. The van der Waals surface area contributed by atoms with Crippen LogP contribution in [0, 0.1) is 17.0 Å². The van der Waals surface area contributed by atoms with E-state index in [1.807, 2.05) is 0 Å². The third-order valence-electron chi connectivity index (χ3n) is 6.08. The molecule has 0 bridgehead atoms. The molecule has 0 radical (unpaired) electrons. The Balaban J connectivity index is 1.30. The van der Waals surface area contributed by atoms with E-state index in [4.69, 9.17) is 4.74 Å². The Labute approximate surface area is 208 Å². The van der Waals surface area contributed by atoms with Gasteiger partial charge in [0.1, 0.15) is 23.1 Å². The van der Waals surface area contributed by atoms with Gasteiger partial charge in [0, 0.05) is 23.6 Å². The molecule has 2 heterocycles. The number of halogens is 2. The summed E-state index contributed by atoms with van der Waals surface area (Å²) in [5.41, 5.74) is -0.448. The Kier molecular flexibility index (Phi) is 6.27. The second-order valence-electron chi connectivity index (χ2n) is 8.59. The maximum atomic E-state index is 14.9. The van der Waals surface area contributed by atoms with Crippen molar-refractivity contribution in [2.24, 2.45) is 5.41 Å². The molecule has 2 aromatic carbocycles. The van der Waals surface area contributed by atoms with Gasteiger partial charge in [0.2, 0.25) is 11.8 Å². The monoisotopic (exact) mass is 509 g/mol. The van der Waals surface area contributed by atoms with E-state index in [0.717, 1.165) is 6.07 Å². The second kappa shape index (κ2) is 9.56. The summed E-state index contributed by atoms with van der Waals surface area (Å²) in [5, 5.41) is 31.3. The van der Waals surface area contributed by atoms with E-state index in [1.54, 1.807) is 0 Å². The van der Waals surface area contributed by atoms with Crippen molar-refractivity contribution >= 4 is 34.2 Å². The van der Waals surface area contributed by atoms with Gasteiger partial charge in [-0.05, 0) is 55.3 Å². The van der Waals surface area contributed by atoms with Crippen molar-refractivity contribution in [1.82, 2.24) is 15.2 Å². The topological polar surface area (TPSA) is 149 Å². The molecule has 2 amide bonds. The number of nitrogens with one attached hydrogen (secondary N) is 3. The summed E-state index contributed by atoms with van der Waals surface area (Å²) < 4.78 is 33.7. The van der Waals surface area contributed by atoms with Crippen LogP contribution in [0.25, 0.3) is 11.0 Å². The number of anilines is 2. The van der Waals surface area contributed by atoms with E-state index in [0.29, 0.717) is 18.5 Å². The molecule has 12 heteroatoms.